The Bertz CT molecular complexity index is 384. The standard InChI is InChI=1S/C15H22N2/c1-4-6-14(7-5-2)17-15-10-13(11-16)9-8-12(15)3/h8-10,14,17H,4-7H2,1-3H3. The van der Waals surface area contributed by atoms with Crippen LogP contribution in [0.3, 0.4) is 0 Å². The van der Waals surface area contributed by atoms with Crippen LogP contribution in [-0.4, -0.2) is 6.04 Å². The number of nitrogens with one attached hydrogen (secondary N) is 1. The molecular formula is C15H22N2. The van der Waals surface area contributed by atoms with Gasteiger partial charge in [-0.05, 0) is 37.5 Å². The second-order valence-corrected chi connectivity index (χ2v) is 4.56. The zero-order valence-corrected chi connectivity index (χ0v) is 11.1. The third-order valence-electron chi connectivity index (χ3n) is 3.00. The van der Waals surface area contributed by atoms with Crippen molar-refractivity contribution in [1.82, 2.24) is 0 Å². The van der Waals surface area contributed by atoms with Crippen LogP contribution in [-0.2, 0) is 0 Å². The minimum atomic E-state index is 0.526. The molecule has 0 radical (unpaired) electrons. The van der Waals surface area contributed by atoms with Crippen LogP contribution in [0, 0.1) is 18.3 Å². The summed E-state index contributed by atoms with van der Waals surface area (Å²) in [5.74, 6) is 0. The van der Waals surface area contributed by atoms with Gasteiger partial charge in [-0.3, -0.25) is 0 Å². The Labute approximate surface area is 105 Å². The van der Waals surface area contributed by atoms with E-state index in [-0.39, 0.29) is 0 Å². The van der Waals surface area contributed by atoms with Gasteiger partial charge in [0.1, 0.15) is 0 Å². The number of benzene rings is 1. The minimum Gasteiger partial charge on any atom is -0.382 e. The SMILES string of the molecule is CCCC(CCC)Nc1cc(C#N)ccc1C. The molecule has 1 rings (SSSR count). The summed E-state index contributed by atoms with van der Waals surface area (Å²) < 4.78 is 0. The Morgan fingerprint density at radius 3 is 2.41 bits per heavy atom. The molecule has 2 heteroatoms. The normalized spacial score (nSPS) is 10.3. The maximum atomic E-state index is 8.92. The highest BCUT2D eigenvalue weighted by Gasteiger charge is 2.08. The molecule has 17 heavy (non-hydrogen) atoms. The lowest BCUT2D eigenvalue weighted by Crippen LogP contribution is -2.19. The number of nitriles is 1. The van der Waals surface area contributed by atoms with Crippen molar-refractivity contribution in [2.24, 2.45) is 0 Å². The van der Waals surface area contributed by atoms with E-state index < -0.39 is 0 Å². The lowest BCUT2D eigenvalue weighted by Gasteiger charge is -2.20. The number of anilines is 1. The summed E-state index contributed by atoms with van der Waals surface area (Å²) in [6, 6.07) is 8.55. The third-order valence-corrected chi connectivity index (χ3v) is 3.00. The summed E-state index contributed by atoms with van der Waals surface area (Å²) in [7, 11) is 0. The first-order chi connectivity index (χ1) is 8.21. The van der Waals surface area contributed by atoms with Gasteiger partial charge in [0.25, 0.3) is 0 Å². The molecular weight excluding hydrogens is 208 g/mol. The summed E-state index contributed by atoms with van der Waals surface area (Å²) in [5, 5.41) is 12.5. The van der Waals surface area contributed by atoms with E-state index >= 15 is 0 Å². The predicted octanol–water partition coefficient (Wildman–Crippen LogP) is 4.25. The van der Waals surface area contributed by atoms with E-state index in [0.29, 0.717) is 6.04 Å². The van der Waals surface area contributed by atoms with E-state index in [4.69, 9.17) is 5.26 Å². The van der Waals surface area contributed by atoms with Crippen molar-refractivity contribution < 1.29 is 0 Å². The monoisotopic (exact) mass is 230 g/mol. The van der Waals surface area contributed by atoms with Crippen LogP contribution in [0.1, 0.15) is 50.7 Å². The van der Waals surface area contributed by atoms with E-state index in [1.54, 1.807) is 0 Å². The predicted molar refractivity (Wildman–Crippen MR) is 73.1 cm³/mol. The van der Waals surface area contributed by atoms with Crippen molar-refractivity contribution in [3.05, 3.63) is 29.3 Å². The Kier molecular flexibility index (Phi) is 5.56. The van der Waals surface area contributed by atoms with Crippen molar-refractivity contribution in [3.63, 3.8) is 0 Å². The molecule has 0 aliphatic rings. The van der Waals surface area contributed by atoms with Crippen LogP contribution >= 0.6 is 0 Å². The van der Waals surface area contributed by atoms with Gasteiger partial charge in [0.15, 0.2) is 0 Å². The topological polar surface area (TPSA) is 35.8 Å². The summed E-state index contributed by atoms with van der Waals surface area (Å²) in [4.78, 5) is 0. The second kappa shape index (κ2) is 6.96. The van der Waals surface area contributed by atoms with Gasteiger partial charge in [0, 0.05) is 11.7 Å². The summed E-state index contributed by atoms with van der Waals surface area (Å²) in [6.07, 6.45) is 4.75. The highest BCUT2D eigenvalue weighted by molar-refractivity contribution is 5.55. The van der Waals surface area contributed by atoms with Crippen molar-refractivity contribution in [2.75, 3.05) is 5.32 Å². The van der Waals surface area contributed by atoms with Crippen LogP contribution in [0.15, 0.2) is 18.2 Å². The van der Waals surface area contributed by atoms with Gasteiger partial charge >= 0.3 is 0 Å². The molecule has 0 bridgehead atoms. The van der Waals surface area contributed by atoms with Crippen LogP contribution in [0.4, 0.5) is 5.69 Å². The quantitative estimate of drug-likeness (QED) is 0.793. The van der Waals surface area contributed by atoms with E-state index in [2.05, 4.69) is 32.2 Å². The molecule has 0 heterocycles. The average Bonchev–Trinajstić information content (AvgIpc) is 2.32. The number of hydrogen-bond donors (Lipinski definition) is 1. The van der Waals surface area contributed by atoms with Crippen LogP contribution in [0.25, 0.3) is 0 Å². The van der Waals surface area contributed by atoms with Gasteiger partial charge in [-0.1, -0.05) is 32.8 Å². The Hall–Kier alpha value is -1.49. The van der Waals surface area contributed by atoms with Crippen molar-refractivity contribution in [1.29, 1.82) is 5.26 Å². The number of rotatable bonds is 6. The molecule has 0 aliphatic heterocycles. The van der Waals surface area contributed by atoms with Crippen molar-refractivity contribution in [3.8, 4) is 6.07 Å². The molecule has 0 atom stereocenters. The van der Waals surface area contributed by atoms with Crippen LogP contribution in [0.5, 0.6) is 0 Å². The number of hydrogen-bond acceptors (Lipinski definition) is 2. The summed E-state index contributed by atoms with van der Waals surface area (Å²) in [5.41, 5.74) is 3.04. The molecule has 0 saturated carbocycles. The smallest absolute Gasteiger partial charge is 0.0992 e. The Balaban J connectivity index is 2.80. The highest BCUT2D eigenvalue weighted by atomic mass is 14.9. The third kappa shape index (κ3) is 4.11. The van der Waals surface area contributed by atoms with E-state index in [0.717, 1.165) is 11.3 Å². The first-order valence-corrected chi connectivity index (χ1v) is 6.48. The van der Waals surface area contributed by atoms with Gasteiger partial charge in [-0.15, -0.1) is 0 Å². The lowest BCUT2D eigenvalue weighted by molar-refractivity contribution is 0.586. The van der Waals surface area contributed by atoms with Crippen molar-refractivity contribution >= 4 is 5.69 Å². The molecule has 92 valence electrons. The molecule has 0 saturated heterocycles. The molecule has 1 N–H and O–H groups in total. The average molecular weight is 230 g/mol. The van der Waals surface area contributed by atoms with Gasteiger partial charge in [-0.2, -0.15) is 5.26 Å². The first-order valence-electron chi connectivity index (χ1n) is 6.48. The Morgan fingerprint density at radius 2 is 1.88 bits per heavy atom. The molecule has 0 spiro atoms. The molecule has 0 unspecified atom stereocenters. The Morgan fingerprint density at radius 1 is 1.24 bits per heavy atom. The molecule has 1 aromatic carbocycles. The minimum absolute atomic E-state index is 0.526. The summed E-state index contributed by atoms with van der Waals surface area (Å²) >= 11 is 0. The van der Waals surface area contributed by atoms with Crippen LogP contribution in [0.2, 0.25) is 0 Å². The first kappa shape index (κ1) is 13.6. The maximum absolute atomic E-state index is 8.92. The molecule has 0 amide bonds. The number of aryl methyl sites for hydroxylation is 1. The zero-order chi connectivity index (χ0) is 12.7. The fourth-order valence-corrected chi connectivity index (χ4v) is 2.05. The highest BCUT2D eigenvalue weighted by Crippen LogP contribution is 2.20. The van der Waals surface area contributed by atoms with E-state index in [9.17, 15) is 0 Å². The van der Waals surface area contributed by atoms with Gasteiger partial charge in [0.2, 0.25) is 0 Å². The van der Waals surface area contributed by atoms with Gasteiger partial charge < -0.3 is 5.32 Å². The van der Waals surface area contributed by atoms with E-state index in [1.807, 2.05) is 18.2 Å². The molecule has 0 aromatic heterocycles. The molecule has 1 aromatic rings. The molecule has 0 fully saturated rings. The molecule has 2 nitrogen and oxygen atoms in total. The fraction of sp³-hybridized carbons (Fsp3) is 0.533. The van der Waals surface area contributed by atoms with Gasteiger partial charge in [0.05, 0.1) is 11.6 Å². The number of nitrogens with zero attached hydrogens (tertiary/aromatic N) is 1. The second-order valence-electron chi connectivity index (χ2n) is 4.56. The zero-order valence-electron chi connectivity index (χ0n) is 11.1. The van der Waals surface area contributed by atoms with Gasteiger partial charge in [-0.25, -0.2) is 0 Å². The largest absolute Gasteiger partial charge is 0.382 e. The summed E-state index contributed by atoms with van der Waals surface area (Å²) in [6.45, 7) is 6.50. The fourth-order valence-electron chi connectivity index (χ4n) is 2.05. The van der Waals surface area contributed by atoms with Crippen molar-refractivity contribution in [2.45, 2.75) is 52.5 Å². The molecule has 0 aliphatic carbocycles. The van der Waals surface area contributed by atoms with E-state index in [1.165, 1.54) is 31.2 Å². The lowest BCUT2D eigenvalue weighted by atomic mass is 10.0. The maximum Gasteiger partial charge on any atom is 0.0992 e. The van der Waals surface area contributed by atoms with Crippen LogP contribution < -0.4 is 5.32 Å².